The van der Waals surface area contributed by atoms with Crippen LogP contribution in [0.25, 0.3) is 22.4 Å². The van der Waals surface area contributed by atoms with Crippen LogP contribution in [0.5, 0.6) is 0 Å². The Balaban J connectivity index is 1.80. The van der Waals surface area contributed by atoms with Gasteiger partial charge in [0.1, 0.15) is 17.0 Å². The Kier molecular flexibility index (Phi) is 5.12. The van der Waals surface area contributed by atoms with Crippen molar-refractivity contribution in [3.05, 3.63) is 58.6 Å². The summed E-state index contributed by atoms with van der Waals surface area (Å²) < 4.78 is 78.9. The van der Waals surface area contributed by atoms with Crippen LogP contribution in [0.4, 0.5) is 43.7 Å². The highest BCUT2D eigenvalue weighted by molar-refractivity contribution is 6.30. The van der Waals surface area contributed by atoms with Gasteiger partial charge in [-0.05, 0) is 42.5 Å². The monoisotopic (exact) mass is 472 g/mol. The molecular formula is C19H11ClF6N6. The van der Waals surface area contributed by atoms with E-state index in [2.05, 4.69) is 25.5 Å². The minimum absolute atomic E-state index is 0.0219. The summed E-state index contributed by atoms with van der Waals surface area (Å²) >= 11 is 5.84. The standard InChI is InChI=1S/C19H11ClF6N6/c20-11-1-3-12(4-2-11)28-16-13-14(27)29-15(30-17(13)32-31-16)8-5-9(18(21,22)23)7-10(6-8)19(24,25)26/h1-7H,(H4,27,28,29,30,31,32). The minimum atomic E-state index is -5.01. The van der Waals surface area contributed by atoms with Crippen LogP contribution in [-0.4, -0.2) is 20.2 Å². The number of nitrogens with two attached hydrogens (primary N) is 1. The molecule has 0 aliphatic heterocycles. The van der Waals surface area contributed by atoms with Crippen LogP contribution in [0.15, 0.2) is 42.5 Å². The molecule has 4 N–H and O–H groups in total. The quantitative estimate of drug-likeness (QED) is 0.316. The molecule has 0 radical (unpaired) electrons. The van der Waals surface area contributed by atoms with Crippen LogP contribution in [-0.2, 0) is 12.4 Å². The first kappa shape index (κ1) is 21.7. The number of hydrogen-bond acceptors (Lipinski definition) is 5. The minimum Gasteiger partial charge on any atom is -0.383 e. The van der Waals surface area contributed by atoms with Crippen LogP contribution >= 0.6 is 11.6 Å². The van der Waals surface area contributed by atoms with Gasteiger partial charge in [-0.25, -0.2) is 9.97 Å². The molecule has 0 saturated heterocycles. The van der Waals surface area contributed by atoms with Crippen molar-refractivity contribution in [2.75, 3.05) is 11.1 Å². The molecule has 4 rings (SSSR count). The van der Waals surface area contributed by atoms with E-state index in [4.69, 9.17) is 17.3 Å². The molecule has 0 amide bonds. The van der Waals surface area contributed by atoms with Crippen molar-refractivity contribution in [2.24, 2.45) is 0 Å². The number of nitrogens with one attached hydrogen (secondary N) is 2. The Labute approximate surface area is 180 Å². The van der Waals surface area contributed by atoms with Crippen LogP contribution in [0.1, 0.15) is 11.1 Å². The highest BCUT2D eigenvalue weighted by Crippen LogP contribution is 2.39. The van der Waals surface area contributed by atoms with Crippen molar-refractivity contribution in [1.29, 1.82) is 0 Å². The largest absolute Gasteiger partial charge is 0.416 e. The van der Waals surface area contributed by atoms with Gasteiger partial charge in [0.15, 0.2) is 11.5 Å². The second-order valence-corrected chi connectivity index (χ2v) is 7.09. The summed E-state index contributed by atoms with van der Waals surface area (Å²) in [7, 11) is 0. The van der Waals surface area contributed by atoms with E-state index in [9.17, 15) is 26.3 Å². The predicted octanol–water partition coefficient (Wildman–Crippen LogP) is 6.04. The topological polar surface area (TPSA) is 92.5 Å². The average molecular weight is 473 g/mol. The number of anilines is 3. The molecule has 13 heteroatoms. The number of nitrogens with zero attached hydrogens (tertiary/aromatic N) is 3. The van der Waals surface area contributed by atoms with Crippen LogP contribution in [0.3, 0.4) is 0 Å². The zero-order valence-corrected chi connectivity index (χ0v) is 16.4. The van der Waals surface area contributed by atoms with Crippen molar-refractivity contribution >= 4 is 40.0 Å². The SMILES string of the molecule is Nc1nc(-c2cc(C(F)(F)F)cc(C(F)(F)F)c2)nc2n[nH]c(Nc3ccc(Cl)cc3)c12. The maximum absolute atomic E-state index is 13.2. The maximum Gasteiger partial charge on any atom is 0.416 e. The third-order valence-electron chi connectivity index (χ3n) is 4.40. The predicted molar refractivity (Wildman–Crippen MR) is 106 cm³/mol. The summed E-state index contributed by atoms with van der Waals surface area (Å²) in [4.78, 5) is 7.92. The van der Waals surface area contributed by atoms with Gasteiger partial charge in [-0.1, -0.05) is 11.6 Å². The van der Waals surface area contributed by atoms with Crippen LogP contribution in [0, 0.1) is 0 Å². The first-order valence-corrected chi connectivity index (χ1v) is 9.13. The fourth-order valence-electron chi connectivity index (χ4n) is 2.93. The number of rotatable bonds is 3. The molecule has 0 aliphatic rings. The molecule has 0 bridgehead atoms. The van der Waals surface area contributed by atoms with Gasteiger partial charge in [-0.2, -0.15) is 31.4 Å². The van der Waals surface area contributed by atoms with Gasteiger partial charge in [-0.15, -0.1) is 0 Å². The number of H-pyrrole nitrogens is 1. The molecule has 2 aromatic carbocycles. The third kappa shape index (κ3) is 4.26. The molecule has 6 nitrogen and oxygen atoms in total. The normalized spacial score (nSPS) is 12.3. The summed E-state index contributed by atoms with van der Waals surface area (Å²) in [6.07, 6.45) is -10.0. The summed E-state index contributed by atoms with van der Waals surface area (Å²) in [5.41, 5.74) is 3.03. The number of nitrogen functional groups attached to an aromatic ring is 1. The smallest absolute Gasteiger partial charge is 0.383 e. The van der Waals surface area contributed by atoms with Crippen LogP contribution < -0.4 is 11.1 Å². The number of aromatic nitrogens is 4. The zero-order chi connectivity index (χ0) is 23.3. The zero-order valence-electron chi connectivity index (χ0n) is 15.6. The molecule has 0 atom stereocenters. The molecule has 166 valence electrons. The summed E-state index contributed by atoms with van der Waals surface area (Å²) in [5.74, 6) is -0.344. The number of aromatic amines is 1. The lowest BCUT2D eigenvalue weighted by atomic mass is 10.0. The summed E-state index contributed by atoms with van der Waals surface area (Å²) in [5, 5.41) is 10.3. The van der Waals surface area contributed by atoms with Gasteiger partial charge in [0.2, 0.25) is 0 Å². The lowest BCUT2D eigenvalue weighted by Crippen LogP contribution is -2.11. The molecule has 2 aromatic heterocycles. The van der Waals surface area contributed by atoms with E-state index in [0.29, 0.717) is 22.8 Å². The van der Waals surface area contributed by atoms with Crippen molar-refractivity contribution < 1.29 is 26.3 Å². The van der Waals surface area contributed by atoms with Gasteiger partial charge in [0, 0.05) is 16.3 Å². The number of alkyl halides is 6. The average Bonchev–Trinajstić information content (AvgIpc) is 3.11. The van der Waals surface area contributed by atoms with E-state index in [1.165, 1.54) is 0 Å². The molecule has 0 aliphatic carbocycles. The van der Waals surface area contributed by atoms with Crippen molar-refractivity contribution in [3.63, 3.8) is 0 Å². The summed E-state index contributed by atoms with van der Waals surface area (Å²) in [6, 6.07) is 7.67. The van der Waals surface area contributed by atoms with Crippen molar-refractivity contribution in [1.82, 2.24) is 20.2 Å². The summed E-state index contributed by atoms with van der Waals surface area (Å²) in [6.45, 7) is 0. The van der Waals surface area contributed by atoms with E-state index in [1.807, 2.05) is 0 Å². The highest BCUT2D eigenvalue weighted by Gasteiger charge is 2.37. The Morgan fingerprint density at radius 2 is 1.47 bits per heavy atom. The number of benzene rings is 2. The fraction of sp³-hybridized carbons (Fsp3) is 0.105. The van der Waals surface area contributed by atoms with E-state index in [1.54, 1.807) is 24.3 Å². The molecular weight excluding hydrogens is 462 g/mol. The number of halogens is 7. The highest BCUT2D eigenvalue weighted by atomic mass is 35.5. The van der Waals surface area contributed by atoms with Crippen molar-refractivity contribution in [2.45, 2.75) is 12.4 Å². The van der Waals surface area contributed by atoms with Gasteiger partial charge >= 0.3 is 12.4 Å². The Bertz CT molecular complexity index is 1260. The van der Waals surface area contributed by atoms with Gasteiger partial charge < -0.3 is 11.1 Å². The number of fused-ring (bicyclic) bond motifs is 1. The van der Waals surface area contributed by atoms with Gasteiger partial charge in [-0.3, -0.25) is 5.10 Å². The first-order chi connectivity index (χ1) is 14.9. The lowest BCUT2D eigenvalue weighted by molar-refractivity contribution is -0.143. The molecule has 2 heterocycles. The molecule has 0 fully saturated rings. The maximum atomic E-state index is 13.2. The van der Waals surface area contributed by atoms with Gasteiger partial charge in [0.25, 0.3) is 0 Å². The third-order valence-corrected chi connectivity index (χ3v) is 4.65. The first-order valence-electron chi connectivity index (χ1n) is 8.76. The Morgan fingerprint density at radius 3 is 2.03 bits per heavy atom. The van der Waals surface area contributed by atoms with Crippen LogP contribution in [0.2, 0.25) is 5.02 Å². The van der Waals surface area contributed by atoms with Gasteiger partial charge in [0.05, 0.1) is 11.1 Å². The molecule has 0 saturated carbocycles. The second-order valence-electron chi connectivity index (χ2n) is 6.66. The molecule has 0 spiro atoms. The van der Waals surface area contributed by atoms with E-state index in [-0.39, 0.29) is 28.7 Å². The van der Waals surface area contributed by atoms with E-state index in [0.717, 1.165) is 0 Å². The molecule has 4 aromatic rings. The molecule has 32 heavy (non-hydrogen) atoms. The lowest BCUT2D eigenvalue weighted by Gasteiger charge is -2.14. The van der Waals surface area contributed by atoms with E-state index >= 15 is 0 Å². The molecule has 0 unspecified atom stereocenters. The van der Waals surface area contributed by atoms with E-state index < -0.39 is 34.9 Å². The fourth-order valence-corrected chi connectivity index (χ4v) is 3.06. The van der Waals surface area contributed by atoms with Crippen molar-refractivity contribution in [3.8, 4) is 11.4 Å². The number of hydrogen-bond donors (Lipinski definition) is 3. The Hall–Kier alpha value is -3.54. The Morgan fingerprint density at radius 1 is 0.875 bits per heavy atom. The second kappa shape index (κ2) is 7.55.